The average Bonchev–Trinajstić information content (AvgIpc) is 2.30. The maximum atomic E-state index is 13.5. The van der Waals surface area contributed by atoms with Crippen molar-refractivity contribution in [1.82, 2.24) is 0 Å². The van der Waals surface area contributed by atoms with E-state index in [4.69, 9.17) is 0 Å². The lowest BCUT2D eigenvalue weighted by Gasteiger charge is -2.09. The Morgan fingerprint density at radius 1 is 1.26 bits per heavy atom. The smallest absolute Gasteiger partial charge is 0.275 e. The molecule has 0 amide bonds. The highest BCUT2D eigenvalue weighted by Gasteiger charge is 2.16. The predicted molar refractivity (Wildman–Crippen MR) is 70.2 cm³/mol. The van der Waals surface area contributed by atoms with Gasteiger partial charge in [-0.2, -0.15) is 0 Å². The third-order valence-corrected chi connectivity index (χ3v) is 2.75. The fourth-order valence-electron chi connectivity index (χ4n) is 1.73. The molecule has 0 aliphatic rings. The first-order valence-corrected chi connectivity index (χ1v) is 6.29. The summed E-state index contributed by atoms with van der Waals surface area (Å²) in [5.74, 6) is -1.26. The van der Waals surface area contributed by atoms with Crippen molar-refractivity contribution < 1.29 is 13.7 Å². The molecule has 0 aromatic heterocycles. The van der Waals surface area contributed by atoms with E-state index in [2.05, 4.69) is 19.2 Å². The van der Waals surface area contributed by atoms with Crippen molar-refractivity contribution >= 4 is 11.4 Å². The molecule has 0 atom stereocenters. The van der Waals surface area contributed by atoms with Crippen LogP contribution in [0.25, 0.3) is 0 Å². The third kappa shape index (κ3) is 4.81. The molecule has 0 fully saturated rings. The SMILES string of the molecule is CC(C)CCCCNc1c(F)cc([N+](=O)[O-])cc1F. The summed E-state index contributed by atoms with van der Waals surface area (Å²) < 4.78 is 27.0. The van der Waals surface area contributed by atoms with Gasteiger partial charge in [0.05, 0.1) is 17.1 Å². The van der Waals surface area contributed by atoms with Gasteiger partial charge in [0.2, 0.25) is 0 Å². The summed E-state index contributed by atoms with van der Waals surface area (Å²) in [4.78, 5) is 9.61. The molecule has 1 aromatic carbocycles. The number of benzene rings is 1. The van der Waals surface area contributed by atoms with Crippen LogP contribution in [-0.2, 0) is 0 Å². The number of non-ortho nitro benzene ring substituents is 1. The molecule has 1 rings (SSSR count). The number of nitrogens with zero attached hydrogens (tertiary/aromatic N) is 1. The van der Waals surface area contributed by atoms with E-state index in [1.807, 2.05) is 0 Å². The van der Waals surface area contributed by atoms with Crippen LogP contribution in [0.1, 0.15) is 33.1 Å². The number of nitro benzene ring substituents is 1. The normalized spacial score (nSPS) is 10.8. The highest BCUT2D eigenvalue weighted by Crippen LogP contribution is 2.24. The van der Waals surface area contributed by atoms with Gasteiger partial charge >= 0.3 is 0 Å². The number of rotatable bonds is 7. The van der Waals surface area contributed by atoms with Gasteiger partial charge < -0.3 is 5.32 Å². The molecular weight excluding hydrogens is 254 g/mol. The maximum Gasteiger partial charge on any atom is 0.275 e. The molecule has 0 bridgehead atoms. The molecule has 106 valence electrons. The molecule has 0 heterocycles. The van der Waals surface area contributed by atoms with Crippen molar-refractivity contribution in [2.45, 2.75) is 33.1 Å². The Bertz CT molecular complexity index is 427. The van der Waals surface area contributed by atoms with Gasteiger partial charge in [-0.25, -0.2) is 8.78 Å². The highest BCUT2D eigenvalue weighted by molar-refractivity contribution is 5.51. The van der Waals surface area contributed by atoms with E-state index in [1.54, 1.807) is 0 Å². The lowest BCUT2D eigenvalue weighted by molar-refractivity contribution is -0.385. The lowest BCUT2D eigenvalue weighted by atomic mass is 10.1. The summed E-state index contributed by atoms with van der Waals surface area (Å²) in [5, 5.41) is 13.1. The molecule has 0 aliphatic carbocycles. The van der Waals surface area contributed by atoms with Crippen LogP contribution in [0, 0.1) is 27.7 Å². The van der Waals surface area contributed by atoms with E-state index in [1.165, 1.54) is 0 Å². The monoisotopic (exact) mass is 272 g/mol. The zero-order chi connectivity index (χ0) is 14.4. The van der Waals surface area contributed by atoms with E-state index in [0.29, 0.717) is 12.5 Å². The van der Waals surface area contributed by atoms with E-state index in [9.17, 15) is 18.9 Å². The van der Waals surface area contributed by atoms with Gasteiger partial charge in [0.1, 0.15) is 5.69 Å². The van der Waals surface area contributed by atoms with E-state index in [0.717, 1.165) is 31.4 Å². The fourth-order valence-corrected chi connectivity index (χ4v) is 1.73. The number of hydrogen-bond acceptors (Lipinski definition) is 3. The highest BCUT2D eigenvalue weighted by atomic mass is 19.1. The molecule has 4 nitrogen and oxygen atoms in total. The standard InChI is InChI=1S/C13H18F2N2O2/c1-9(2)5-3-4-6-16-13-11(14)7-10(17(18)19)8-12(13)15/h7-9,16H,3-6H2,1-2H3. The molecule has 1 N–H and O–H groups in total. The topological polar surface area (TPSA) is 55.2 Å². The second-order valence-corrected chi connectivity index (χ2v) is 4.86. The summed E-state index contributed by atoms with van der Waals surface area (Å²) in [6.07, 6.45) is 2.84. The van der Waals surface area contributed by atoms with Gasteiger partial charge in [-0.1, -0.05) is 26.7 Å². The Balaban J connectivity index is 2.57. The number of nitrogens with one attached hydrogen (secondary N) is 1. The van der Waals surface area contributed by atoms with Crippen LogP contribution >= 0.6 is 0 Å². The van der Waals surface area contributed by atoms with Crippen LogP contribution in [-0.4, -0.2) is 11.5 Å². The predicted octanol–water partition coefficient (Wildman–Crippen LogP) is 4.11. The fraction of sp³-hybridized carbons (Fsp3) is 0.538. The molecule has 0 saturated heterocycles. The average molecular weight is 272 g/mol. The largest absolute Gasteiger partial charge is 0.380 e. The van der Waals surface area contributed by atoms with Crippen LogP contribution in [0.3, 0.4) is 0 Å². The van der Waals surface area contributed by atoms with Crippen molar-refractivity contribution in [1.29, 1.82) is 0 Å². The molecule has 0 aliphatic heterocycles. The van der Waals surface area contributed by atoms with Crippen LogP contribution in [0.2, 0.25) is 0 Å². The first kappa shape index (κ1) is 15.3. The van der Waals surface area contributed by atoms with Crippen molar-refractivity contribution in [2.75, 3.05) is 11.9 Å². The molecular formula is C13H18F2N2O2. The Labute approximate surface area is 111 Å². The number of nitro groups is 1. The summed E-state index contributed by atoms with van der Waals surface area (Å²) >= 11 is 0. The van der Waals surface area contributed by atoms with Crippen LogP contribution in [0.15, 0.2) is 12.1 Å². The zero-order valence-electron chi connectivity index (χ0n) is 11.1. The number of unbranched alkanes of at least 4 members (excludes halogenated alkanes) is 1. The minimum Gasteiger partial charge on any atom is -0.380 e. The first-order chi connectivity index (χ1) is 8.91. The van der Waals surface area contributed by atoms with Crippen molar-refractivity contribution in [3.8, 4) is 0 Å². The van der Waals surface area contributed by atoms with Crippen LogP contribution in [0.4, 0.5) is 20.2 Å². The van der Waals surface area contributed by atoms with Gasteiger partial charge in [0.15, 0.2) is 11.6 Å². The van der Waals surface area contributed by atoms with Crippen molar-refractivity contribution in [2.24, 2.45) is 5.92 Å². The van der Waals surface area contributed by atoms with Gasteiger partial charge in [0, 0.05) is 6.54 Å². The Morgan fingerprint density at radius 2 is 1.84 bits per heavy atom. The summed E-state index contributed by atoms with van der Waals surface area (Å²) in [6, 6.07) is 1.44. The molecule has 0 saturated carbocycles. The second kappa shape index (κ2) is 7.01. The Morgan fingerprint density at radius 3 is 2.32 bits per heavy atom. The molecule has 19 heavy (non-hydrogen) atoms. The van der Waals surface area contributed by atoms with Gasteiger partial charge in [0.25, 0.3) is 5.69 Å². The molecule has 1 aromatic rings. The van der Waals surface area contributed by atoms with Crippen molar-refractivity contribution in [3.05, 3.63) is 33.9 Å². The Kier molecular flexibility index (Phi) is 5.66. The zero-order valence-corrected chi connectivity index (χ0v) is 11.1. The quantitative estimate of drug-likeness (QED) is 0.461. The third-order valence-electron chi connectivity index (χ3n) is 2.75. The first-order valence-electron chi connectivity index (χ1n) is 6.29. The minimum atomic E-state index is -0.935. The Hall–Kier alpha value is -1.72. The number of anilines is 1. The molecule has 0 spiro atoms. The van der Waals surface area contributed by atoms with Gasteiger partial charge in [-0.3, -0.25) is 10.1 Å². The van der Waals surface area contributed by atoms with Crippen LogP contribution in [0.5, 0.6) is 0 Å². The van der Waals surface area contributed by atoms with E-state index >= 15 is 0 Å². The number of hydrogen-bond donors (Lipinski definition) is 1. The van der Waals surface area contributed by atoms with Crippen molar-refractivity contribution in [3.63, 3.8) is 0 Å². The molecule has 0 radical (unpaired) electrons. The molecule has 0 unspecified atom stereocenters. The van der Waals surface area contributed by atoms with E-state index < -0.39 is 22.2 Å². The van der Waals surface area contributed by atoms with Gasteiger partial charge in [-0.05, 0) is 12.3 Å². The minimum absolute atomic E-state index is 0.296. The summed E-state index contributed by atoms with van der Waals surface area (Å²) in [5.41, 5.74) is -0.879. The molecule has 6 heteroatoms. The van der Waals surface area contributed by atoms with Gasteiger partial charge in [-0.15, -0.1) is 0 Å². The van der Waals surface area contributed by atoms with E-state index in [-0.39, 0.29) is 5.69 Å². The van der Waals surface area contributed by atoms with Crippen LogP contribution < -0.4 is 5.32 Å². The summed E-state index contributed by atoms with van der Waals surface area (Å²) in [7, 11) is 0. The lowest BCUT2D eigenvalue weighted by Crippen LogP contribution is -2.06. The maximum absolute atomic E-state index is 13.5. The second-order valence-electron chi connectivity index (χ2n) is 4.86. The summed E-state index contributed by atoms with van der Waals surface area (Å²) in [6.45, 7) is 4.67. The number of halogens is 2.